The molecule has 0 aliphatic heterocycles. The third kappa shape index (κ3) is 3.33. The number of hydrogen-bond acceptors (Lipinski definition) is 5. The minimum atomic E-state index is -0.450. The Kier molecular flexibility index (Phi) is 4.38. The van der Waals surface area contributed by atoms with Gasteiger partial charge in [0.2, 0.25) is 5.89 Å². The lowest BCUT2D eigenvalue weighted by atomic mass is 10.2. The summed E-state index contributed by atoms with van der Waals surface area (Å²) in [6.07, 6.45) is 3.70. The van der Waals surface area contributed by atoms with Crippen molar-refractivity contribution in [1.29, 1.82) is 0 Å². The zero-order valence-corrected chi connectivity index (χ0v) is 12.9. The molecule has 0 saturated carbocycles. The molecule has 6 nitrogen and oxygen atoms in total. The quantitative estimate of drug-likeness (QED) is 0.513. The highest BCUT2D eigenvalue weighted by atomic mass is 16.6. The fourth-order valence-corrected chi connectivity index (χ4v) is 2.16. The van der Waals surface area contributed by atoms with E-state index in [0.29, 0.717) is 17.1 Å². The maximum absolute atomic E-state index is 10.7. The second-order valence-electron chi connectivity index (χ2n) is 4.94. The Morgan fingerprint density at radius 1 is 1.08 bits per heavy atom. The molecule has 0 N–H and O–H groups in total. The molecule has 6 heteroatoms. The largest absolute Gasteiger partial charge is 0.467 e. The van der Waals surface area contributed by atoms with E-state index in [1.54, 1.807) is 18.2 Å². The second-order valence-corrected chi connectivity index (χ2v) is 4.94. The van der Waals surface area contributed by atoms with Crippen LogP contribution in [0.15, 0.2) is 59.0 Å². The Morgan fingerprint density at radius 2 is 1.79 bits per heavy atom. The van der Waals surface area contributed by atoms with Gasteiger partial charge in [0.25, 0.3) is 5.69 Å². The van der Waals surface area contributed by atoms with E-state index in [-0.39, 0.29) is 11.6 Å². The molecule has 0 bridgehead atoms. The van der Waals surface area contributed by atoms with Crippen molar-refractivity contribution in [3.05, 3.63) is 76.0 Å². The number of aromatic nitrogens is 1. The number of nitro benzene ring substituents is 1. The van der Waals surface area contributed by atoms with Gasteiger partial charge in [-0.2, -0.15) is 0 Å². The van der Waals surface area contributed by atoms with Gasteiger partial charge in [-0.15, -0.1) is 0 Å². The molecule has 0 aliphatic carbocycles. The molecule has 0 saturated heterocycles. The summed E-state index contributed by atoms with van der Waals surface area (Å²) in [5, 5.41) is 10.7. The van der Waals surface area contributed by atoms with Crippen LogP contribution in [-0.2, 0) is 0 Å². The van der Waals surface area contributed by atoms with Crippen LogP contribution in [0.2, 0.25) is 0 Å². The van der Waals surface area contributed by atoms with Gasteiger partial charge in [-0.1, -0.05) is 36.4 Å². The first-order valence-corrected chi connectivity index (χ1v) is 7.20. The molecule has 0 fully saturated rings. The number of non-ortho nitro benzene ring substituents is 1. The van der Waals surface area contributed by atoms with Crippen LogP contribution in [0.5, 0.6) is 5.95 Å². The monoisotopic (exact) mass is 322 g/mol. The SMILES string of the molecule is COc1oc(-c2ccc([N+](=O)[O-])cc2)nc1/C=C/c1ccccc1. The summed E-state index contributed by atoms with van der Waals surface area (Å²) in [7, 11) is 1.50. The van der Waals surface area contributed by atoms with E-state index < -0.39 is 4.92 Å². The standard InChI is InChI=1S/C18H14N2O4/c1-23-18-16(12-7-13-5-3-2-4-6-13)19-17(24-18)14-8-10-15(11-9-14)20(21)22/h2-12H,1H3/b12-7+. The van der Waals surface area contributed by atoms with Crippen molar-refractivity contribution < 1.29 is 14.1 Å². The van der Waals surface area contributed by atoms with Crippen LogP contribution in [0.4, 0.5) is 5.69 Å². The van der Waals surface area contributed by atoms with E-state index >= 15 is 0 Å². The fourth-order valence-electron chi connectivity index (χ4n) is 2.16. The number of rotatable bonds is 5. The number of nitrogens with zero attached hydrogens (tertiary/aromatic N) is 2. The topological polar surface area (TPSA) is 78.4 Å². The molecule has 0 spiro atoms. The summed E-state index contributed by atoms with van der Waals surface area (Å²) in [4.78, 5) is 14.7. The summed E-state index contributed by atoms with van der Waals surface area (Å²) in [5.41, 5.74) is 2.23. The van der Waals surface area contributed by atoms with Gasteiger partial charge >= 0.3 is 5.95 Å². The number of nitro groups is 1. The van der Waals surface area contributed by atoms with Crippen molar-refractivity contribution in [3.63, 3.8) is 0 Å². The summed E-state index contributed by atoms with van der Waals surface area (Å²) in [6.45, 7) is 0. The molecule has 1 aromatic heterocycles. The Balaban J connectivity index is 1.90. The normalized spacial score (nSPS) is 10.9. The lowest BCUT2D eigenvalue weighted by Gasteiger charge is -1.95. The molecule has 0 unspecified atom stereocenters. The van der Waals surface area contributed by atoms with E-state index in [4.69, 9.17) is 9.15 Å². The van der Waals surface area contributed by atoms with E-state index in [0.717, 1.165) is 5.56 Å². The Bertz CT molecular complexity index is 868. The highest BCUT2D eigenvalue weighted by molar-refractivity contribution is 5.71. The number of hydrogen-bond donors (Lipinski definition) is 0. The third-order valence-corrected chi connectivity index (χ3v) is 3.36. The van der Waals surface area contributed by atoms with E-state index in [1.165, 1.54) is 19.2 Å². The summed E-state index contributed by atoms with van der Waals surface area (Å²) in [6, 6.07) is 15.8. The van der Waals surface area contributed by atoms with Crippen LogP contribution in [0.25, 0.3) is 23.6 Å². The first-order chi connectivity index (χ1) is 11.7. The molecule has 3 aromatic rings. The van der Waals surface area contributed by atoms with Gasteiger partial charge in [0.15, 0.2) is 0 Å². The van der Waals surface area contributed by atoms with E-state index in [2.05, 4.69) is 4.98 Å². The molecule has 1 heterocycles. The summed E-state index contributed by atoms with van der Waals surface area (Å²) < 4.78 is 10.8. The number of benzene rings is 2. The number of methoxy groups -OCH3 is 1. The molecule has 0 amide bonds. The van der Waals surface area contributed by atoms with Crippen LogP contribution < -0.4 is 4.74 Å². The Labute approximate surface area is 138 Å². The Hall–Kier alpha value is -3.41. The van der Waals surface area contributed by atoms with Gasteiger partial charge in [-0.05, 0) is 23.8 Å². The molecular weight excluding hydrogens is 308 g/mol. The van der Waals surface area contributed by atoms with Crippen molar-refractivity contribution in [1.82, 2.24) is 4.98 Å². The van der Waals surface area contributed by atoms with Crippen molar-refractivity contribution in [2.75, 3.05) is 7.11 Å². The van der Waals surface area contributed by atoms with Gasteiger partial charge in [-0.25, -0.2) is 4.98 Å². The van der Waals surface area contributed by atoms with Crippen molar-refractivity contribution in [2.45, 2.75) is 0 Å². The zero-order chi connectivity index (χ0) is 16.9. The smallest absolute Gasteiger partial charge is 0.312 e. The van der Waals surface area contributed by atoms with E-state index in [9.17, 15) is 10.1 Å². The third-order valence-electron chi connectivity index (χ3n) is 3.36. The molecule has 0 aliphatic rings. The van der Waals surface area contributed by atoms with Gasteiger partial charge in [0.05, 0.1) is 12.0 Å². The van der Waals surface area contributed by atoms with Gasteiger partial charge in [-0.3, -0.25) is 10.1 Å². The van der Waals surface area contributed by atoms with Crippen LogP contribution in [0, 0.1) is 10.1 Å². The van der Waals surface area contributed by atoms with Crippen molar-refractivity contribution >= 4 is 17.8 Å². The van der Waals surface area contributed by atoms with Crippen LogP contribution in [0.1, 0.15) is 11.3 Å². The Morgan fingerprint density at radius 3 is 2.42 bits per heavy atom. The maximum atomic E-state index is 10.7. The summed E-state index contributed by atoms with van der Waals surface area (Å²) in [5.74, 6) is 0.630. The molecule has 24 heavy (non-hydrogen) atoms. The van der Waals surface area contributed by atoms with E-state index in [1.807, 2.05) is 36.4 Å². The second kappa shape index (κ2) is 6.78. The number of oxazole rings is 1. The van der Waals surface area contributed by atoms with Gasteiger partial charge < -0.3 is 9.15 Å². The maximum Gasteiger partial charge on any atom is 0.312 e. The first kappa shape index (κ1) is 15.5. The highest BCUT2D eigenvalue weighted by Gasteiger charge is 2.14. The fraction of sp³-hybridized carbons (Fsp3) is 0.0556. The average Bonchev–Trinajstić information content (AvgIpc) is 3.04. The number of ether oxygens (including phenoxy) is 1. The predicted molar refractivity (Wildman–Crippen MR) is 90.5 cm³/mol. The van der Waals surface area contributed by atoms with Gasteiger partial charge in [0.1, 0.15) is 5.69 Å². The molecule has 3 rings (SSSR count). The van der Waals surface area contributed by atoms with Crippen LogP contribution in [0.3, 0.4) is 0 Å². The predicted octanol–water partition coefficient (Wildman–Crippen LogP) is 4.43. The van der Waals surface area contributed by atoms with Crippen LogP contribution >= 0.6 is 0 Å². The van der Waals surface area contributed by atoms with Gasteiger partial charge in [0, 0.05) is 17.7 Å². The molecular formula is C18H14N2O4. The van der Waals surface area contributed by atoms with Crippen molar-refractivity contribution in [2.24, 2.45) is 0 Å². The zero-order valence-electron chi connectivity index (χ0n) is 12.9. The highest BCUT2D eigenvalue weighted by Crippen LogP contribution is 2.29. The molecule has 2 aromatic carbocycles. The minimum Gasteiger partial charge on any atom is -0.467 e. The molecule has 0 radical (unpaired) electrons. The minimum absolute atomic E-state index is 0.0152. The first-order valence-electron chi connectivity index (χ1n) is 7.20. The lowest BCUT2D eigenvalue weighted by Crippen LogP contribution is -1.87. The molecule has 0 atom stereocenters. The lowest BCUT2D eigenvalue weighted by molar-refractivity contribution is -0.384. The molecule has 120 valence electrons. The van der Waals surface area contributed by atoms with Crippen LogP contribution in [-0.4, -0.2) is 17.0 Å². The summed E-state index contributed by atoms with van der Waals surface area (Å²) >= 11 is 0. The van der Waals surface area contributed by atoms with Crippen molar-refractivity contribution in [3.8, 4) is 17.4 Å². The average molecular weight is 322 g/mol.